The van der Waals surface area contributed by atoms with Crippen molar-refractivity contribution in [3.8, 4) is 0 Å². The number of primary sulfonamides is 2. The molecule has 0 bridgehead atoms. The van der Waals surface area contributed by atoms with Crippen LogP contribution in [0.25, 0.3) is 0 Å². The van der Waals surface area contributed by atoms with Gasteiger partial charge in [-0.2, -0.15) is 0 Å². The van der Waals surface area contributed by atoms with Gasteiger partial charge in [0.05, 0.1) is 28.1 Å². The first-order valence-electron chi connectivity index (χ1n) is 7.94. The number of ether oxygens (including phenoxy) is 1. The van der Waals surface area contributed by atoms with Crippen molar-refractivity contribution < 1.29 is 40.3 Å². The summed E-state index contributed by atoms with van der Waals surface area (Å²) in [7, 11) is -6.78. The van der Waals surface area contributed by atoms with E-state index in [1.165, 1.54) is 13.8 Å². The van der Waals surface area contributed by atoms with E-state index in [4.69, 9.17) is 10.3 Å². The molecule has 2 aromatic carbocycles. The first-order valence-corrected chi connectivity index (χ1v) is 11.0. The van der Waals surface area contributed by atoms with Crippen LogP contribution in [0.1, 0.15) is 29.8 Å². The molecule has 0 aliphatic heterocycles. The number of aliphatic hydroxyl groups is 1. The van der Waals surface area contributed by atoms with E-state index in [0.717, 1.165) is 43.5 Å². The molecule has 5 N–H and O–H groups in total. The normalized spacial score (nSPS) is 12.0. The molecule has 2 rings (SSSR count). The van der Waals surface area contributed by atoms with E-state index >= 15 is 0 Å². The predicted molar refractivity (Wildman–Crippen MR) is 102 cm³/mol. The smallest absolute Gasteiger partial charge is 0.340 e. The van der Waals surface area contributed by atoms with Crippen molar-refractivity contribution in [1.29, 1.82) is 0 Å². The summed E-state index contributed by atoms with van der Waals surface area (Å²) in [5.41, 5.74) is -2.02. The molecule has 166 valence electrons. The second-order valence-electron chi connectivity index (χ2n) is 6.42. The molecule has 0 unspecified atom stereocenters. The van der Waals surface area contributed by atoms with Crippen molar-refractivity contribution >= 4 is 26.0 Å². The second-order valence-corrected chi connectivity index (χ2v) is 9.55. The average molecular weight is 466 g/mol. The second kappa shape index (κ2) is 9.14. The minimum Gasteiger partial charge on any atom is -0.465 e. The molecule has 0 fully saturated rings. The van der Waals surface area contributed by atoms with E-state index < -0.39 is 48.8 Å². The van der Waals surface area contributed by atoms with E-state index in [1.54, 1.807) is 0 Å². The molecular formula is C17H20F2N2O7S2. The number of carbonyl (C=O) groups excluding carboxylic acids is 1. The Morgan fingerprint density at radius 2 is 1.37 bits per heavy atom. The number of benzene rings is 2. The van der Waals surface area contributed by atoms with E-state index in [1.807, 2.05) is 0 Å². The van der Waals surface area contributed by atoms with Gasteiger partial charge in [-0.3, -0.25) is 0 Å². The Hall–Kier alpha value is -2.45. The fourth-order valence-corrected chi connectivity index (χ4v) is 3.18. The number of hydrogen-bond donors (Lipinski definition) is 3. The number of carbonyl (C=O) groups is 1. The summed E-state index contributed by atoms with van der Waals surface area (Å²) in [6.07, 6.45) is 0. The maximum atomic E-state index is 13.3. The molecule has 0 aliphatic carbocycles. The molecule has 0 aliphatic rings. The van der Waals surface area contributed by atoms with Gasteiger partial charge in [0, 0.05) is 5.56 Å². The van der Waals surface area contributed by atoms with Gasteiger partial charge in [0.15, 0.2) is 0 Å². The minimum absolute atomic E-state index is 0.103. The summed E-state index contributed by atoms with van der Waals surface area (Å²) in [6, 6.07) is 5.69. The van der Waals surface area contributed by atoms with E-state index in [0.29, 0.717) is 0 Å². The Morgan fingerprint density at radius 3 is 1.77 bits per heavy atom. The van der Waals surface area contributed by atoms with Crippen LogP contribution in [0.3, 0.4) is 0 Å². The lowest BCUT2D eigenvalue weighted by Crippen LogP contribution is -2.20. The third kappa shape index (κ3) is 6.81. The molecule has 0 radical (unpaired) electrons. The number of nitrogens with two attached hydrogens (primary N) is 2. The Balaban J connectivity index is 0.000000300. The van der Waals surface area contributed by atoms with Crippen LogP contribution in [0.4, 0.5) is 8.78 Å². The molecule has 2 aromatic rings. The summed E-state index contributed by atoms with van der Waals surface area (Å²) in [4.78, 5) is 10.5. The van der Waals surface area contributed by atoms with Gasteiger partial charge in [-0.1, -0.05) is 0 Å². The molecule has 13 heteroatoms. The molecule has 0 saturated carbocycles. The van der Waals surface area contributed by atoms with Crippen LogP contribution < -0.4 is 10.3 Å². The maximum absolute atomic E-state index is 13.3. The van der Waals surface area contributed by atoms with Crippen LogP contribution in [0.15, 0.2) is 46.2 Å². The molecule has 0 spiro atoms. The lowest BCUT2D eigenvalue weighted by atomic mass is 9.98. The molecule has 9 nitrogen and oxygen atoms in total. The minimum atomic E-state index is -3.96. The highest BCUT2D eigenvalue weighted by Gasteiger charge is 2.23. The lowest BCUT2D eigenvalue weighted by molar-refractivity contribution is 0.0594. The summed E-state index contributed by atoms with van der Waals surface area (Å²) in [5, 5.41) is 19.3. The summed E-state index contributed by atoms with van der Waals surface area (Å²) in [6.45, 7) is 2.72. The highest BCUT2D eigenvalue weighted by Crippen LogP contribution is 2.25. The molecule has 0 saturated heterocycles. The zero-order chi connectivity index (χ0) is 23.5. The summed E-state index contributed by atoms with van der Waals surface area (Å²) >= 11 is 0. The first kappa shape index (κ1) is 25.6. The van der Waals surface area contributed by atoms with Crippen LogP contribution >= 0.6 is 0 Å². The topological polar surface area (TPSA) is 167 Å². The van der Waals surface area contributed by atoms with Gasteiger partial charge in [0.25, 0.3) is 0 Å². The Morgan fingerprint density at radius 1 is 0.933 bits per heavy atom. The van der Waals surface area contributed by atoms with E-state index in [-0.39, 0.29) is 15.4 Å². The SMILES string of the molecule is CC(C)(O)c1cc(S(N)(=O)=O)ccc1F.COC(=O)c1cc(S(N)(=O)=O)ccc1F. The molecule has 30 heavy (non-hydrogen) atoms. The van der Waals surface area contributed by atoms with Crippen LogP contribution in [0.2, 0.25) is 0 Å². The van der Waals surface area contributed by atoms with Gasteiger partial charge in [-0.15, -0.1) is 0 Å². The highest BCUT2D eigenvalue weighted by molar-refractivity contribution is 7.89. The highest BCUT2D eigenvalue weighted by atomic mass is 32.2. The van der Waals surface area contributed by atoms with Crippen molar-refractivity contribution in [3.63, 3.8) is 0 Å². The molecule has 0 heterocycles. The fraction of sp³-hybridized carbons (Fsp3) is 0.235. The van der Waals surface area contributed by atoms with Gasteiger partial charge < -0.3 is 9.84 Å². The monoisotopic (exact) mass is 466 g/mol. The Bertz CT molecular complexity index is 1160. The summed E-state index contributed by atoms with van der Waals surface area (Å²) < 4.78 is 74.4. The van der Waals surface area contributed by atoms with Crippen molar-refractivity contribution in [2.45, 2.75) is 29.2 Å². The number of halogens is 2. The quantitative estimate of drug-likeness (QED) is 0.564. The van der Waals surface area contributed by atoms with Crippen molar-refractivity contribution in [2.75, 3.05) is 7.11 Å². The zero-order valence-corrected chi connectivity index (χ0v) is 17.7. The van der Waals surface area contributed by atoms with Gasteiger partial charge >= 0.3 is 5.97 Å². The number of esters is 1. The van der Waals surface area contributed by atoms with Crippen molar-refractivity contribution in [3.05, 3.63) is 59.2 Å². The fourth-order valence-electron chi connectivity index (χ4n) is 2.10. The predicted octanol–water partition coefficient (Wildman–Crippen LogP) is 0.960. The zero-order valence-electron chi connectivity index (χ0n) is 16.1. The number of sulfonamides is 2. The Kier molecular flexibility index (Phi) is 7.79. The first-order chi connectivity index (χ1) is 13.5. The number of methoxy groups -OCH3 is 1. The average Bonchev–Trinajstić information content (AvgIpc) is 2.59. The molecule has 0 amide bonds. The van der Waals surface area contributed by atoms with Gasteiger partial charge in [0.1, 0.15) is 11.6 Å². The van der Waals surface area contributed by atoms with Crippen molar-refractivity contribution in [2.24, 2.45) is 10.3 Å². The van der Waals surface area contributed by atoms with Crippen molar-refractivity contribution in [1.82, 2.24) is 0 Å². The van der Waals surface area contributed by atoms with Crippen LogP contribution in [0.5, 0.6) is 0 Å². The third-order valence-electron chi connectivity index (χ3n) is 3.60. The molecule has 0 atom stereocenters. The molecular weight excluding hydrogens is 446 g/mol. The van der Waals surface area contributed by atoms with Gasteiger partial charge in [-0.05, 0) is 50.2 Å². The van der Waals surface area contributed by atoms with Crippen LogP contribution in [0, 0.1) is 11.6 Å². The maximum Gasteiger partial charge on any atom is 0.340 e. The number of hydrogen-bond acceptors (Lipinski definition) is 7. The number of rotatable bonds is 4. The standard InChI is InChI=1S/C9H12FNO3S.C8H8FNO4S/c1-9(2,12)7-5-6(15(11,13)14)3-4-8(7)10;1-14-8(11)6-4-5(15(10,12)13)2-3-7(6)9/h3-5,12H,1-2H3,(H2,11,13,14);2-4H,1H3,(H2,10,12,13). The van der Waals surface area contributed by atoms with Gasteiger partial charge in [-0.25, -0.2) is 40.7 Å². The van der Waals surface area contributed by atoms with E-state index in [9.17, 15) is 35.5 Å². The third-order valence-corrected chi connectivity index (χ3v) is 5.42. The molecule has 0 aromatic heterocycles. The van der Waals surface area contributed by atoms with E-state index in [2.05, 4.69) is 4.74 Å². The Labute approximate surface area is 172 Å². The summed E-state index contributed by atoms with van der Waals surface area (Å²) in [5.74, 6) is -2.50. The van der Waals surface area contributed by atoms with Crippen LogP contribution in [-0.4, -0.2) is 35.0 Å². The largest absolute Gasteiger partial charge is 0.465 e. The van der Waals surface area contributed by atoms with Gasteiger partial charge in [0.2, 0.25) is 20.0 Å². The lowest BCUT2D eigenvalue weighted by Gasteiger charge is -2.18. The van der Waals surface area contributed by atoms with Crippen LogP contribution in [-0.2, 0) is 30.4 Å².